The molecular weight excluding hydrogens is 450 g/mol. The van der Waals surface area contributed by atoms with Gasteiger partial charge in [0.05, 0.1) is 23.2 Å². The van der Waals surface area contributed by atoms with Gasteiger partial charge in [0, 0.05) is 12.1 Å². The number of hydrogen-bond acceptors (Lipinski definition) is 5. The maximum atomic E-state index is 12.4. The molecule has 0 atom stereocenters. The minimum atomic E-state index is -0.421. The summed E-state index contributed by atoms with van der Waals surface area (Å²) in [6.45, 7) is 2.46. The Labute approximate surface area is 183 Å². The van der Waals surface area contributed by atoms with Gasteiger partial charge in [0.25, 0.3) is 5.91 Å². The van der Waals surface area contributed by atoms with Crippen molar-refractivity contribution in [2.24, 2.45) is 0 Å². The number of methoxy groups -OCH3 is 1. The summed E-state index contributed by atoms with van der Waals surface area (Å²) in [5.74, 6) is 0.569. The summed E-state index contributed by atoms with van der Waals surface area (Å²) in [6.07, 6.45) is 2.28. The first kappa shape index (κ1) is 21.4. The maximum absolute atomic E-state index is 12.4. The summed E-state index contributed by atoms with van der Waals surface area (Å²) >= 11 is 3.48. The molecule has 3 amide bonds. The third kappa shape index (κ3) is 4.47. The maximum Gasteiger partial charge on any atom is 0.329 e. The van der Waals surface area contributed by atoms with Crippen LogP contribution in [0.2, 0.25) is 0 Å². The third-order valence-corrected chi connectivity index (χ3v) is 5.07. The van der Waals surface area contributed by atoms with Crippen LogP contribution in [0.15, 0.2) is 46.6 Å². The lowest BCUT2D eigenvalue weighted by Crippen LogP contribution is -2.31. The van der Waals surface area contributed by atoms with E-state index in [1.165, 1.54) is 12.0 Å². The first-order chi connectivity index (χ1) is 14.5. The van der Waals surface area contributed by atoms with E-state index in [4.69, 9.17) is 9.47 Å². The molecule has 8 heteroatoms. The normalized spacial score (nSPS) is 14.6. The highest BCUT2D eigenvalue weighted by molar-refractivity contribution is 9.10. The number of hydrogen-bond donors (Lipinski definition) is 1. The van der Waals surface area contributed by atoms with Crippen molar-refractivity contribution in [3.05, 3.63) is 63.3 Å². The second-order valence-electron chi connectivity index (χ2n) is 6.54. The fourth-order valence-electron chi connectivity index (χ4n) is 3.03. The summed E-state index contributed by atoms with van der Waals surface area (Å²) in [5.41, 5.74) is 2.17. The van der Waals surface area contributed by atoms with Crippen molar-refractivity contribution in [1.82, 2.24) is 10.2 Å². The zero-order valence-electron chi connectivity index (χ0n) is 16.6. The number of amides is 3. The Bertz CT molecular complexity index is 1060. The number of imide groups is 1. The number of carbonyl (C=O) groups is 2. The predicted octanol–water partition coefficient (Wildman–Crippen LogP) is 4.21. The van der Waals surface area contributed by atoms with Gasteiger partial charge >= 0.3 is 6.03 Å². The Morgan fingerprint density at radius 1 is 1.27 bits per heavy atom. The van der Waals surface area contributed by atoms with Crippen LogP contribution in [-0.4, -0.2) is 30.5 Å². The lowest BCUT2D eigenvalue weighted by atomic mass is 10.1. The zero-order valence-corrected chi connectivity index (χ0v) is 18.2. The van der Waals surface area contributed by atoms with Gasteiger partial charge in [-0.15, -0.1) is 0 Å². The van der Waals surface area contributed by atoms with Crippen LogP contribution in [-0.2, 0) is 11.4 Å². The molecule has 0 bridgehead atoms. The molecule has 3 rings (SSSR count). The predicted molar refractivity (Wildman–Crippen MR) is 115 cm³/mol. The third-order valence-electron chi connectivity index (χ3n) is 4.48. The van der Waals surface area contributed by atoms with Crippen molar-refractivity contribution in [3.63, 3.8) is 0 Å². The Kier molecular flexibility index (Phi) is 6.75. The van der Waals surface area contributed by atoms with E-state index in [1.54, 1.807) is 30.3 Å². The molecule has 1 aliphatic rings. The van der Waals surface area contributed by atoms with Crippen LogP contribution in [0.3, 0.4) is 0 Å². The Hall–Kier alpha value is -3.31. The van der Waals surface area contributed by atoms with E-state index in [2.05, 4.69) is 27.3 Å². The molecule has 2 aromatic carbocycles. The Morgan fingerprint density at radius 3 is 2.73 bits per heavy atom. The van der Waals surface area contributed by atoms with Crippen LogP contribution in [0.25, 0.3) is 6.08 Å². The molecule has 1 fully saturated rings. The van der Waals surface area contributed by atoms with Crippen LogP contribution in [0.4, 0.5) is 4.79 Å². The van der Waals surface area contributed by atoms with Gasteiger partial charge in [0.15, 0.2) is 11.5 Å². The smallest absolute Gasteiger partial charge is 0.329 e. The van der Waals surface area contributed by atoms with Gasteiger partial charge in [-0.1, -0.05) is 25.1 Å². The van der Waals surface area contributed by atoms with E-state index in [0.29, 0.717) is 40.1 Å². The molecule has 30 heavy (non-hydrogen) atoms. The molecule has 1 heterocycles. The van der Waals surface area contributed by atoms with Crippen LogP contribution >= 0.6 is 15.9 Å². The summed E-state index contributed by atoms with van der Waals surface area (Å²) in [6, 6.07) is 12.4. The highest BCUT2D eigenvalue weighted by Crippen LogP contribution is 2.38. The number of nitriles is 1. The van der Waals surface area contributed by atoms with Gasteiger partial charge in [0.1, 0.15) is 12.3 Å². The van der Waals surface area contributed by atoms with Crippen molar-refractivity contribution < 1.29 is 19.1 Å². The van der Waals surface area contributed by atoms with Crippen LogP contribution in [0.1, 0.15) is 30.0 Å². The summed E-state index contributed by atoms with van der Waals surface area (Å²) in [7, 11) is 1.51. The van der Waals surface area contributed by atoms with Crippen molar-refractivity contribution in [2.45, 2.75) is 20.0 Å². The molecule has 1 saturated heterocycles. The molecule has 2 aromatic rings. The number of nitrogens with zero attached hydrogens (tertiary/aromatic N) is 2. The molecule has 0 radical (unpaired) electrons. The van der Waals surface area contributed by atoms with E-state index < -0.39 is 6.03 Å². The summed E-state index contributed by atoms with van der Waals surface area (Å²) < 4.78 is 12.0. The summed E-state index contributed by atoms with van der Waals surface area (Å²) in [4.78, 5) is 25.6. The molecule has 7 nitrogen and oxygen atoms in total. The molecule has 0 aromatic heterocycles. The van der Waals surface area contributed by atoms with Gasteiger partial charge in [0.2, 0.25) is 0 Å². The number of ether oxygens (including phenoxy) is 2. The quantitative estimate of drug-likeness (QED) is 0.484. The Morgan fingerprint density at radius 2 is 2.03 bits per heavy atom. The number of carbonyl (C=O) groups excluding carboxylic acids is 2. The topological polar surface area (TPSA) is 91.7 Å². The minimum absolute atomic E-state index is 0.194. The molecule has 0 spiro atoms. The molecule has 0 saturated carbocycles. The van der Waals surface area contributed by atoms with Gasteiger partial charge < -0.3 is 14.8 Å². The van der Waals surface area contributed by atoms with E-state index in [1.807, 2.05) is 19.1 Å². The van der Waals surface area contributed by atoms with Gasteiger partial charge in [-0.05, 0) is 52.2 Å². The monoisotopic (exact) mass is 469 g/mol. The highest BCUT2D eigenvalue weighted by atomic mass is 79.9. The van der Waals surface area contributed by atoms with Crippen molar-refractivity contribution in [1.29, 1.82) is 5.26 Å². The first-order valence-corrected chi connectivity index (χ1v) is 10.1. The van der Waals surface area contributed by atoms with Crippen LogP contribution < -0.4 is 14.8 Å². The molecule has 154 valence electrons. The SMILES string of the molecule is CCCN1C(=O)N/C(=C/c2cc(Br)c(OCc3ccccc3C#N)c(OC)c2)C1=O. The second kappa shape index (κ2) is 9.46. The largest absolute Gasteiger partial charge is 0.493 e. The van der Waals surface area contributed by atoms with Gasteiger partial charge in [-0.25, -0.2) is 4.79 Å². The summed E-state index contributed by atoms with van der Waals surface area (Å²) in [5, 5.41) is 11.8. The van der Waals surface area contributed by atoms with Crippen LogP contribution in [0.5, 0.6) is 11.5 Å². The lowest BCUT2D eigenvalue weighted by Gasteiger charge is -2.14. The first-order valence-electron chi connectivity index (χ1n) is 9.31. The number of nitrogens with one attached hydrogen (secondary N) is 1. The van der Waals surface area contributed by atoms with E-state index >= 15 is 0 Å². The van der Waals surface area contributed by atoms with Crippen molar-refractivity contribution >= 4 is 33.9 Å². The van der Waals surface area contributed by atoms with Gasteiger partial charge in [-0.3, -0.25) is 9.69 Å². The molecule has 1 N–H and O–H groups in total. The van der Waals surface area contributed by atoms with Crippen LogP contribution in [0, 0.1) is 11.3 Å². The van der Waals surface area contributed by atoms with Crippen molar-refractivity contribution in [2.75, 3.05) is 13.7 Å². The fourth-order valence-corrected chi connectivity index (χ4v) is 3.61. The standard InChI is InChI=1S/C22H20BrN3O4/c1-3-8-26-21(27)18(25-22(26)28)10-14-9-17(23)20(19(11-14)29-2)30-13-16-7-5-4-6-15(16)12-24/h4-7,9-11H,3,8,13H2,1-2H3,(H,25,28)/b18-10+. The zero-order chi connectivity index (χ0) is 21.7. The molecule has 1 aliphatic heterocycles. The fraction of sp³-hybridized carbons (Fsp3) is 0.227. The number of rotatable bonds is 7. The molecule has 0 aliphatic carbocycles. The van der Waals surface area contributed by atoms with Gasteiger partial charge in [-0.2, -0.15) is 5.26 Å². The lowest BCUT2D eigenvalue weighted by molar-refractivity contribution is -0.122. The average Bonchev–Trinajstić information content (AvgIpc) is 3.00. The second-order valence-corrected chi connectivity index (χ2v) is 7.39. The average molecular weight is 470 g/mol. The number of halogens is 1. The molecule has 0 unspecified atom stereocenters. The van der Waals surface area contributed by atoms with E-state index in [9.17, 15) is 14.9 Å². The number of benzene rings is 2. The Balaban J connectivity index is 1.85. The highest BCUT2D eigenvalue weighted by Gasteiger charge is 2.32. The molecular formula is C22H20BrN3O4. The number of urea groups is 1. The van der Waals surface area contributed by atoms with E-state index in [-0.39, 0.29) is 18.2 Å². The minimum Gasteiger partial charge on any atom is -0.493 e. The van der Waals surface area contributed by atoms with E-state index in [0.717, 1.165) is 5.56 Å². The van der Waals surface area contributed by atoms with Crippen molar-refractivity contribution in [3.8, 4) is 17.6 Å².